The zero-order chi connectivity index (χ0) is 26.8. The molecule has 3 aliphatic rings. The Balaban J connectivity index is 1.31. The summed E-state index contributed by atoms with van der Waals surface area (Å²) in [4.78, 5) is 6.89. The zero-order valence-corrected chi connectivity index (χ0v) is 22.7. The van der Waals surface area contributed by atoms with E-state index in [1.54, 1.807) is 6.20 Å². The predicted octanol–water partition coefficient (Wildman–Crippen LogP) is 5.42. The van der Waals surface area contributed by atoms with E-state index in [4.69, 9.17) is 21.1 Å². The zero-order valence-electron chi connectivity index (χ0n) is 21.9. The first-order valence-electron chi connectivity index (χ1n) is 13.2. The minimum atomic E-state index is -0.804. The summed E-state index contributed by atoms with van der Waals surface area (Å²) in [5.41, 5.74) is 2.32. The number of aliphatic hydroxyl groups is 2. The number of nitrogens with zero attached hydrogens (tertiary/aromatic N) is 2. The minimum Gasteiger partial charge on any atom is -0.438 e. The Bertz CT molecular complexity index is 1270. The number of benzene rings is 1. The highest BCUT2D eigenvalue weighted by atomic mass is 35.5. The number of rotatable bonds is 7. The maximum atomic E-state index is 11.2. The van der Waals surface area contributed by atoms with E-state index in [1.165, 1.54) is 0 Å². The van der Waals surface area contributed by atoms with Crippen LogP contribution in [0.15, 0.2) is 84.3 Å². The molecule has 0 radical (unpaired) electrons. The summed E-state index contributed by atoms with van der Waals surface area (Å²) >= 11 is 6.03. The number of aromatic nitrogens is 1. The summed E-state index contributed by atoms with van der Waals surface area (Å²) in [6, 6.07) is 11.5. The van der Waals surface area contributed by atoms with Gasteiger partial charge in [-0.05, 0) is 80.7 Å². The van der Waals surface area contributed by atoms with Crippen molar-refractivity contribution < 1.29 is 19.7 Å². The molecule has 1 aromatic heterocycles. The van der Waals surface area contributed by atoms with Gasteiger partial charge in [0.05, 0.1) is 17.8 Å². The molecule has 1 saturated heterocycles. The van der Waals surface area contributed by atoms with E-state index >= 15 is 0 Å². The molecule has 2 aromatic rings. The van der Waals surface area contributed by atoms with Gasteiger partial charge >= 0.3 is 0 Å². The number of likely N-dealkylation sites (tertiary alicyclic amines) is 1. The third-order valence-corrected chi connectivity index (χ3v) is 7.68. The number of piperidine rings is 1. The Morgan fingerprint density at radius 1 is 1.21 bits per heavy atom. The summed E-state index contributed by atoms with van der Waals surface area (Å²) in [7, 11) is 0. The first-order valence-corrected chi connectivity index (χ1v) is 13.6. The summed E-state index contributed by atoms with van der Waals surface area (Å²) in [6.45, 7) is 6.20. The fraction of sp³-hybridized carbons (Fsp3) is 0.387. The van der Waals surface area contributed by atoms with Crippen LogP contribution in [0.25, 0.3) is 5.57 Å². The lowest BCUT2D eigenvalue weighted by Gasteiger charge is -2.38. The molecule has 200 valence electrons. The number of fused-ring (bicyclic) bond motifs is 2. The van der Waals surface area contributed by atoms with E-state index in [2.05, 4.69) is 22.0 Å². The second-order valence-corrected chi connectivity index (χ2v) is 11.2. The summed E-state index contributed by atoms with van der Waals surface area (Å²) in [6.07, 6.45) is 13.8. The highest BCUT2D eigenvalue weighted by molar-refractivity contribution is 6.30. The molecule has 1 aromatic carbocycles. The third-order valence-electron chi connectivity index (χ3n) is 7.43. The van der Waals surface area contributed by atoms with Gasteiger partial charge < -0.3 is 24.6 Å². The van der Waals surface area contributed by atoms with Crippen LogP contribution >= 0.6 is 11.6 Å². The lowest BCUT2D eigenvalue weighted by atomic mass is 9.84. The maximum Gasteiger partial charge on any atom is 0.227 e. The molecule has 0 saturated carbocycles. The van der Waals surface area contributed by atoms with E-state index in [0.717, 1.165) is 48.3 Å². The van der Waals surface area contributed by atoms with E-state index in [9.17, 15) is 10.2 Å². The Labute approximate surface area is 229 Å². The highest BCUT2D eigenvalue weighted by Crippen LogP contribution is 2.38. The Hall–Kier alpha value is -2.74. The van der Waals surface area contributed by atoms with Crippen LogP contribution in [-0.4, -0.2) is 58.0 Å². The molecule has 0 spiro atoms. The number of halogens is 1. The molecule has 7 heteroatoms. The van der Waals surface area contributed by atoms with E-state index < -0.39 is 11.2 Å². The maximum absolute atomic E-state index is 11.2. The van der Waals surface area contributed by atoms with Gasteiger partial charge in [0.25, 0.3) is 0 Å². The topological polar surface area (TPSA) is 75.0 Å². The van der Waals surface area contributed by atoms with Crippen LogP contribution in [0.1, 0.15) is 44.2 Å². The first-order chi connectivity index (χ1) is 18.3. The van der Waals surface area contributed by atoms with Crippen LogP contribution in [-0.2, 0) is 10.3 Å². The lowest BCUT2D eigenvalue weighted by Crippen LogP contribution is -2.42. The monoisotopic (exact) mass is 534 g/mol. The molecule has 38 heavy (non-hydrogen) atoms. The average Bonchev–Trinajstić information content (AvgIpc) is 3.07. The van der Waals surface area contributed by atoms with Crippen LogP contribution in [0.5, 0.6) is 5.88 Å². The number of allylic oxidation sites excluding steroid dienone is 4. The van der Waals surface area contributed by atoms with Crippen molar-refractivity contribution in [1.29, 1.82) is 0 Å². The van der Waals surface area contributed by atoms with Crippen molar-refractivity contribution in [2.75, 3.05) is 26.2 Å². The molecule has 6 nitrogen and oxygen atoms in total. The van der Waals surface area contributed by atoms with E-state index in [-0.39, 0.29) is 12.7 Å². The normalized spacial score (nSPS) is 22.1. The molecule has 0 amide bonds. The van der Waals surface area contributed by atoms with Gasteiger partial charge in [0, 0.05) is 42.0 Å². The van der Waals surface area contributed by atoms with Crippen molar-refractivity contribution in [2.24, 2.45) is 0 Å². The fourth-order valence-corrected chi connectivity index (χ4v) is 5.25. The molecule has 3 heterocycles. The average molecular weight is 535 g/mol. The standard InChI is InChI=1S/C31H35ClN2O4/c1-30(2,21-35)38-28-9-3-8-27-26(28)20-22(25-7-4-16-33-29(25)37-27)6-5-17-34-18-14-31(36,15-19-34)23-10-12-24(32)13-11-23/h3-4,6-13,16,20,28,35-36H,5,14-15,17-19,21H2,1-2H3. The predicted molar refractivity (Wildman–Crippen MR) is 150 cm³/mol. The number of aliphatic hydroxyl groups excluding tert-OH is 1. The van der Waals surface area contributed by atoms with Crippen molar-refractivity contribution in [3.63, 3.8) is 0 Å². The molecule has 1 aliphatic carbocycles. The quantitative estimate of drug-likeness (QED) is 0.494. The third kappa shape index (κ3) is 5.95. The van der Waals surface area contributed by atoms with Gasteiger partial charge in [-0.2, -0.15) is 0 Å². The fourth-order valence-electron chi connectivity index (χ4n) is 5.12. The largest absolute Gasteiger partial charge is 0.438 e. The van der Waals surface area contributed by atoms with Gasteiger partial charge in [0.2, 0.25) is 5.88 Å². The van der Waals surface area contributed by atoms with Gasteiger partial charge in [-0.1, -0.05) is 42.0 Å². The van der Waals surface area contributed by atoms with Crippen molar-refractivity contribution >= 4 is 17.2 Å². The van der Waals surface area contributed by atoms with E-state index in [1.807, 2.05) is 68.5 Å². The molecule has 1 atom stereocenters. The number of hydrogen-bond acceptors (Lipinski definition) is 6. The summed E-state index contributed by atoms with van der Waals surface area (Å²) in [5.74, 6) is 1.27. The second kappa shape index (κ2) is 11.2. The lowest BCUT2D eigenvalue weighted by molar-refractivity contribution is -0.0693. The van der Waals surface area contributed by atoms with Gasteiger partial charge in [-0.25, -0.2) is 4.98 Å². The van der Waals surface area contributed by atoms with Crippen LogP contribution in [0.3, 0.4) is 0 Å². The van der Waals surface area contributed by atoms with Crippen molar-refractivity contribution in [2.45, 2.75) is 50.4 Å². The second-order valence-electron chi connectivity index (χ2n) is 10.8. The minimum absolute atomic E-state index is 0.0853. The molecule has 1 unspecified atom stereocenters. The molecule has 0 bridgehead atoms. The highest BCUT2D eigenvalue weighted by Gasteiger charge is 2.34. The molecule has 1 fully saturated rings. The Morgan fingerprint density at radius 2 is 1.97 bits per heavy atom. The smallest absolute Gasteiger partial charge is 0.227 e. The Kier molecular flexibility index (Phi) is 7.89. The van der Waals surface area contributed by atoms with Crippen LogP contribution in [0.4, 0.5) is 0 Å². The van der Waals surface area contributed by atoms with Crippen LogP contribution < -0.4 is 4.74 Å². The van der Waals surface area contributed by atoms with Crippen molar-refractivity contribution in [3.05, 3.63) is 100 Å². The SMILES string of the molecule is CC(C)(CO)OC1C=CC=C2Oc3ncccc3C(=CCCN3CCC(O)(c4ccc(Cl)cc4)CC3)C=C21. The first kappa shape index (κ1) is 26.9. The van der Waals surface area contributed by atoms with E-state index in [0.29, 0.717) is 29.5 Å². The van der Waals surface area contributed by atoms with Gasteiger partial charge in [0.1, 0.15) is 11.9 Å². The number of pyridine rings is 1. The van der Waals surface area contributed by atoms with Crippen molar-refractivity contribution in [1.82, 2.24) is 9.88 Å². The summed E-state index contributed by atoms with van der Waals surface area (Å²) < 4.78 is 12.5. The van der Waals surface area contributed by atoms with Crippen LogP contribution in [0.2, 0.25) is 5.02 Å². The molecular formula is C31H35ClN2O4. The number of hydrogen-bond donors (Lipinski definition) is 2. The molecule has 2 N–H and O–H groups in total. The molecule has 5 rings (SSSR count). The molecule has 2 aliphatic heterocycles. The number of ether oxygens (including phenoxy) is 2. The summed E-state index contributed by atoms with van der Waals surface area (Å²) in [5, 5.41) is 21.6. The van der Waals surface area contributed by atoms with Gasteiger partial charge in [0.15, 0.2) is 0 Å². The van der Waals surface area contributed by atoms with Crippen molar-refractivity contribution in [3.8, 4) is 5.88 Å². The Morgan fingerprint density at radius 3 is 2.71 bits per heavy atom. The van der Waals surface area contributed by atoms with Crippen LogP contribution in [0, 0.1) is 0 Å². The van der Waals surface area contributed by atoms with Gasteiger partial charge in [-0.3, -0.25) is 0 Å². The van der Waals surface area contributed by atoms with Gasteiger partial charge in [-0.15, -0.1) is 0 Å². The molecular weight excluding hydrogens is 500 g/mol.